The first-order valence-corrected chi connectivity index (χ1v) is 7.41. The molecule has 1 aliphatic heterocycles. The number of hydrogen-bond donors (Lipinski definition) is 1. The van der Waals surface area contributed by atoms with Gasteiger partial charge in [-0.25, -0.2) is 0 Å². The minimum absolute atomic E-state index is 0.0976. The van der Waals surface area contributed by atoms with Crippen molar-refractivity contribution >= 4 is 17.2 Å². The SMILES string of the molecule is NC(=O)C1=CC(c2cccnc2)=CN(c2cccc(C(F)(F)F)c2)C1. The lowest BCUT2D eigenvalue weighted by Crippen LogP contribution is -2.29. The van der Waals surface area contributed by atoms with Crippen LogP contribution >= 0.6 is 0 Å². The summed E-state index contributed by atoms with van der Waals surface area (Å²) in [4.78, 5) is 17.2. The number of anilines is 1. The molecule has 0 bridgehead atoms. The number of benzene rings is 1. The summed E-state index contributed by atoms with van der Waals surface area (Å²) in [5.41, 5.74) is 6.64. The van der Waals surface area contributed by atoms with Crippen molar-refractivity contribution in [3.63, 3.8) is 0 Å². The molecule has 4 nitrogen and oxygen atoms in total. The van der Waals surface area contributed by atoms with Crippen LogP contribution in [-0.4, -0.2) is 17.4 Å². The van der Waals surface area contributed by atoms with Gasteiger partial charge in [-0.15, -0.1) is 0 Å². The predicted octanol–water partition coefficient (Wildman–Crippen LogP) is 3.37. The Morgan fingerprint density at radius 1 is 1.20 bits per heavy atom. The van der Waals surface area contributed by atoms with E-state index >= 15 is 0 Å². The minimum atomic E-state index is -4.44. The zero-order valence-corrected chi connectivity index (χ0v) is 13.0. The molecule has 0 saturated carbocycles. The highest BCUT2D eigenvalue weighted by atomic mass is 19.4. The maximum absolute atomic E-state index is 13.0. The van der Waals surface area contributed by atoms with Gasteiger partial charge in [0.15, 0.2) is 0 Å². The van der Waals surface area contributed by atoms with Gasteiger partial charge in [-0.3, -0.25) is 9.78 Å². The smallest absolute Gasteiger partial charge is 0.366 e. The molecule has 0 aliphatic carbocycles. The summed E-state index contributed by atoms with van der Waals surface area (Å²) in [6, 6.07) is 8.46. The molecule has 2 heterocycles. The second kappa shape index (κ2) is 6.43. The van der Waals surface area contributed by atoms with Crippen LogP contribution in [0.5, 0.6) is 0 Å². The van der Waals surface area contributed by atoms with E-state index in [-0.39, 0.29) is 6.54 Å². The Morgan fingerprint density at radius 2 is 2.00 bits per heavy atom. The van der Waals surface area contributed by atoms with E-state index in [2.05, 4.69) is 4.98 Å². The third-order valence-electron chi connectivity index (χ3n) is 3.78. The van der Waals surface area contributed by atoms with Gasteiger partial charge in [-0.2, -0.15) is 13.2 Å². The number of nitrogens with two attached hydrogens (primary N) is 1. The molecule has 2 aromatic rings. The first kappa shape index (κ1) is 16.8. The van der Waals surface area contributed by atoms with Crippen LogP contribution in [0.4, 0.5) is 18.9 Å². The highest BCUT2D eigenvalue weighted by Crippen LogP contribution is 2.33. The molecule has 0 spiro atoms. The number of allylic oxidation sites excluding steroid dienone is 2. The molecule has 3 rings (SSSR count). The topological polar surface area (TPSA) is 59.2 Å². The molecule has 0 unspecified atom stereocenters. The Morgan fingerprint density at radius 3 is 2.64 bits per heavy atom. The number of halogens is 3. The van der Waals surface area contributed by atoms with E-state index in [0.717, 1.165) is 17.7 Å². The zero-order chi connectivity index (χ0) is 18.0. The van der Waals surface area contributed by atoms with E-state index in [1.807, 2.05) is 0 Å². The lowest BCUT2D eigenvalue weighted by Gasteiger charge is -2.27. The lowest BCUT2D eigenvalue weighted by atomic mass is 10.0. The number of carbonyl (C=O) groups excluding carboxylic acids is 1. The maximum Gasteiger partial charge on any atom is 0.416 e. The summed E-state index contributed by atoms with van der Waals surface area (Å²) in [5.74, 6) is -0.619. The number of alkyl halides is 3. The Balaban J connectivity index is 2.03. The molecule has 0 fully saturated rings. The molecule has 7 heteroatoms. The lowest BCUT2D eigenvalue weighted by molar-refractivity contribution is -0.137. The summed E-state index contributed by atoms with van der Waals surface area (Å²) in [7, 11) is 0. The van der Waals surface area contributed by atoms with Gasteiger partial charge in [-0.1, -0.05) is 12.1 Å². The van der Waals surface area contributed by atoms with Gasteiger partial charge in [0.05, 0.1) is 12.1 Å². The van der Waals surface area contributed by atoms with Gasteiger partial charge in [0.2, 0.25) is 5.91 Å². The third kappa shape index (κ3) is 3.71. The van der Waals surface area contributed by atoms with Gasteiger partial charge >= 0.3 is 6.18 Å². The molecule has 0 saturated heterocycles. The van der Waals surface area contributed by atoms with Crippen molar-refractivity contribution < 1.29 is 18.0 Å². The van der Waals surface area contributed by atoms with Gasteiger partial charge in [0, 0.05) is 35.4 Å². The Kier molecular flexibility index (Phi) is 4.31. The first-order chi connectivity index (χ1) is 11.8. The number of pyridine rings is 1. The van der Waals surface area contributed by atoms with Crippen molar-refractivity contribution in [3.8, 4) is 0 Å². The van der Waals surface area contributed by atoms with E-state index in [4.69, 9.17) is 5.73 Å². The molecule has 25 heavy (non-hydrogen) atoms. The molecule has 1 aromatic heterocycles. The third-order valence-corrected chi connectivity index (χ3v) is 3.78. The number of nitrogens with zero attached hydrogens (tertiary/aromatic N) is 2. The van der Waals surface area contributed by atoms with E-state index < -0.39 is 17.6 Å². The van der Waals surface area contributed by atoms with Gasteiger partial charge in [0.1, 0.15) is 0 Å². The Hall–Kier alpha value is -3.09. The van der Waals surface area contributed by atoms with Crippen LogP contribution < -0.4 is 10.6 Å². The highest BCUT2D eigenvalue weighted by molar-refractivity contribution is 5.98. The summed E-state index contributed by atoms with van der Waals surface area (Å²) in [6.07, 6.45) is 2.08. The second-order valence-corrected chi connectivity index (χ2v) is 5.54. The molecule has 0 radical (unpaired) electrons. The Labute approximate surface area is 142 Å². The van der Waals surface area contributed by atoms with Gasteiger partial charge in [0.25, 0.3) is 0 Å². The summed E-state index contributed by atoms with van der Waals surface area (Å²) in [6.45, 7) is 0.0976. The van der Waals surface area contributed by atoms with Crippen molar-refractivity contribution in [2.45, 2.75) is 6.18 Å². The van der Waals surface area contributed by atoms with Crippen LogP contribution in [-0.2, 0) is 11.0 Å². The average molecular weight is 345 g/mol. The van der Waals surface area contributed by atoms with Gasteiger partial charge < -0.3 is 10.6 Å². The largest absolute Gasteiger partial charge is 0.416 e. The Bertz CT molecular complexity index is 857. The average Bonchev–Trinajstić information content (AvgIpc) is 2.61. The first-order valence-electron chi connectivity index (χ1n) is 7.41. The predicted molar refractivity (Wildman–Crippen MR) is 88.3 cm³/mol. The molecular formula is C18H14F3N3O. The van der Waals surface area contributed by atoms with Crippen molar-refractivity contribution in [2.24, 2.45) is 5.73 Å². The summed E-state index contributed by atoms with van der Waals surface area (Å²) < 4.78 is 38.9. The number of amides is 1. The molecular weight excluding hydrogens is 331 g/mol. The van der Waals surface area contributed by atoms with E-state index in [1.54, 1.807) is 47.8 Å². The van der Waals surface area contributed by atoms with Crippen LogP contribution in [0.3, 0.4) is 0 Å². The summed E-state index contributed by atoms with van der Waals surface area (Å²) >= 11 is 0. The van der Waals surface area contributed by atoms with E-state index in [9.17, 15) is 18.0 Å². The number of primary amides is 1. The van der Waals surface area contributed by atoms with Crippen LogP contribution in [0.2, 0.25) is 0 Å². The number of rotatable bonds is 3. The zero-order valence-electron chi connectivity index (χ0n) is 13.0. The quantitative estimate of drug-likeness (QED) is 0.928. The fourth-order valence-electron chi connectivity index (χ4n) is 2.53. The van der Waals surface area contributed by atoms with E-state index in [1.165, 1.54) is 6.07 Å². The monoisotopic (exact) mass is 345 g/mol. The van der Waals surface area contributed by atoms with Crippen LogP contribution in [0.25, 0.3) is 5.57 Å². The van der Waals surface area contributed by atoms with Crippen LogP contribution in [0.15, 0.2) is 66.6 Å². The molecule has 128 valence electrons. The fourth-order valence-corrected chi connectivity index (χ4v) is 2.53. The standard InChI is InChI=1S/C18H14F3N3O/c19-18(20,21)15-4-1-5-16(8-15)24-10-13(7-14(11-24)17(22)25)12-3-2-6-23-9-12/h1-10H,11H2,(H2,22,25). The molecule has 2 N–H and O–H groups in total. The van der Waals surface area contributed by atoms with Crippen LogP contribution in [0.1, 0.15) is 11.1 Å². The number of carbonyl (C=O) groups is 1. The molecule has 0 atom stereocenters. The van der Waals surface area contributed by atoms with Crippen molar-refractivity contribution in [2.75, 3.05) is 11.4 Å². The minimum Gasteiger partial charge on any atom is -0.366 e. The molecule has 1 aliphatic rings. The van der Waals surface area contributed by atoms with Gasteiger partial charge in [-0.05, 0) is 35.9 Å². The number of hydrogen-bond acceptors (Lipinski definition) is 3. The van der Waals surface area contributed by atoms with Crippen molar-refractivity contribution in [1.29, 1.82) is 0 Å². The molecule has 1 amide bonds. The van der Waals surface area contributed by atoms with Crippen molar-refractivity contribution in [1.82, 2.24) is 4.98 Å². The number of aromatic nitrogens is 1. The molecule has 1 aromatic carbocycles. The fraction of sp³-hybridized carbons (Fsp3) is 0.111. The normalized spacial score (nSPS) is 14.8. The van der Waals surface area contributed by atoms with Crippen molar-refractivity contribution in [3.05, 3.63) is 77.8 Å². The maximum atomic E-state index is 13.0. The second-order valence-electron chi connectivity index (χ2n) is 5.54. The summed E-state index contributed by atoms with van der Waals surface area (Å²) in [5, 5.41) is 0. The van der Waals surface area contributed by atoms with E-state index in [0.29, 0.717) is 16.8 Å². The highest BCUT2D eigenvalue weighted by Gasteiger charge is 2.31. The van der Waals surface area contributed by atoms with Crippen LogP contribution in [0, 0.1) is 0 Å².